The van der Waals surface area contributed by atoms with Crippen LogP contribution in [0.2, 0.25) is 5.02 Å². The van der Waals surface area contributed by atoms with Crippen LogP contribution < -0.4 is 0 Å². The molecule has 118 valence electrons. The van der Waals surface area contributed by atoms with Crippen molar-refractivity contribution in [2.45, 2.75) is 30.3 Å². The average Bonchev–Trinajstić information content (AvgIpc) is 2.51. The summed E-state index contributed by atoms with van der Waals surface area (Å²) in [4.78, 5) is 15.6. The first-order valence-electron chi connectivity index (χ1n) is 6.47. The normalized spacial score (nSPS) is 13.0. The number of carbonyl (C=O) groups is 1. The summed E-state index contributed by atoms with van der Waals surface area (Å²) in [5.74, 6) is -1.34. The molecule has 0 spiro atoms. The lowest BCUT2D eigenvalue weighted by Gasteiger charge is -2.30. The van der Waals surface area contributed by atoms with E-state index >= 15 is 0 Å². The van der Waals surface area contributed by atoms with Gasteiger partial charge in [0.1, 0.15) is 5.69 Å². The van der Waals surface area contributed by atoms with Crippen molar-refractivity contribution in [1.82, 2.24) is 4.98 Å². The molecular weight excluding hydrogens is 314 g/mol. The first-order valence-corrected chi connectivity index (χ1v) is 7.36. The van der Waals surface area contributed by atoms with Crippen LogP contribution in [0.25, 0.3) is 0 Å². The van der Waals surface area contributed by atoms with Crippen LogP contribution in [0.1, 0.15) is 25.0 Å². The topological polar surface area (TPSA) is 57.7 Å². The van der Waals surface area contributed by atoms with Gasteiger partial charge >= 0.3 is 5.97 Å². The molecule has 21 heavy (non-hydrogen) atoms. The quantitative estimate of drug-likeness (QED) is 0.450. The minimum absolute atomic E-state index is 0.348. The van der Waals surface area contributed by atoms with Crippen LogP contribution in [0.15, 0.2) is 18.3 Å². The molecule has 1 atom stereocenters. The number of methoxy groups -OCH3 is 3. The lowest BCUT2D eigenvalue weighted by molar-refractivity contribution is -0.223. The van der Waals surface area contributed by atoms with Crippen molar-refractivity contribution in [2.75, 3.05) is 21.3 Å². The smallest absolute Gasteiger partial charge is 0.318 e. The second-order valence-electron chi connectivity index (χ2n) is 4.45. The fourth-order valence-corrected chi connectivity index (χ4v) is 2.47. The molecule has 0 aliphatic carbocycles. The third-order valence-electron chi connectivity index (χ3n) is 3.23. The lowest BCUT2D eigenvalue weighted by atomic mass is 10.0. The van der Waals surface area contributed by atoms with E-state index in [2.05, 4.69) is 22.3 Å². The number of rotatable bonds is 8. The van der Waals surface area contributed by atoms with Crippen LogP contribution in [0.3, 0.4) is 0 Å². The van der Waals surface area contributed by atoms with E-state index in [9.17, 15) is 4.79 Å². The molecular formula is C14H20ClNO4S. The first-order chi connectivity index (χ1) is 9.99. The van der Waals surface area contributed by atoms with Gasteiger partial charge in [-0.25, -0.2) is 0 Å². The molecule has 0 aliphatic rings. The minimum atomic E-state index is -0.992. The van der Waals surface area contributed by atoms with Crippen LogP contribution in [0, 0.1) is 0 Å². The van der Waals surface area contributed by atoms with Gasteiger partial charge in [0.2, 0.25) is 5.79 Å². The predicted molar refractivity (Wildman–Crippen MR) is 83.6 cm³/mol. The van der Waals surface area contributed by atoms with Crippen molar-refractivity contribution in [1.29, 1.82) is 0 Å². The van der Waals surface area contributed by atoms with Gasteiger partial charge in [0, 0.05) is 31.9 Å². The lowest BCUT2D eigenvalue weighted by Crippen LogP contribution is -2.32. The summed E-state index contributed by atoms with van der Waals surface area (Å²) >= 11 is 10.2. The summed E-state index contributed by atoms with van der Waals surface area (Å²) in [6.07, 6.45) is 3.31. The second kappa shape index (κ2) is 8.58. The van der Waals surface area contributed by atoms with Gasteiger partial charge in [-0.15, -0.1) is 0 Å². The highest BCUT2D eigenvalue weighted by molar-refractivity contribution is 7.81. The Labute approximate surface area is 135 Å². The van der Waals surface area contributed by atoms with Gasteiger partial charge in [0.15, 0.2) is 0 Å². The number of hydrogen-bond acceptors (Lipinski definition) is 6. The summed E-state index contributed by atoms with van der Waals surface area (Å²) in [5, 5.41) is 0.0915. The highest BCUT2D eigenvalue weighted by Crippen LogP contribution is 2.32. The fraction of sp³-hybridized carbons (Fsp3) is 0.571. The van der Waals surface area contributed by atoms with Crippen LogP contribution in [0.4, 0.5) is 0 Å². The zero-order chi connectivity index (χ0) is 15.9. The maximum absolute atomic E-state index is 11.3. The molecule has 7 heteroatoms. The summed E-state index contributed by atoms with van der Waals surface area (Å²) in [5.41, 5.74) is 0.591. The number of aromatic nitrogens is 1. The van der Waals surface area contributed by atoms with Crippen molar-refractivity contribution in [3.8, 4) is 0 Å². The van der Waals surface area contributed by atoms with Crippen molar-refractivity contribution in [2.24, 2.45) is 0 Å². The first kappa shape index (κ1) is 18.2. The van der Waals surface area contributed by atoms with Crippen molar-refractivity contribution in [3.63, 3.8) is 0 Å². The highest BCUT2D eigenvalue weighted by Gasteiger charge is 2.34. The molecule has 1 unspecified atom stereocenters. The van der Waals surface area contributed by atoms with Crippen molar-refractivity contribution < 1.29 is 19.0 Å². The molecule has 0 saturated heterocycles. The SMILES string of the molecule is COC(=O)C(S)CCCC(OC)(OC)c1cc(Cl)ccn1. The van der Waals surface area contributed by atoms with E-state index < -0.39 is 11.0 Å². The Morgan fingerprint density at radius 2 is 2.10 bits per heavy atom. The van der Waals surface area contributed by atoms with E-state index in [-0.39, 0.29) is 5.97 Å². The van der Waals surface area contributed by atoms with Crippen LogP contribution >= 0.6 is 24.2 Å². The number of esters is 1. The Hall–Kier alpha value is -0.820. The van der Waals surface area contributed by atoms with Gasteiger partial charge in [-0.2, -0.15) is 12.6 Å². The molecule has 0 bridgehead atoms. The van der Waals surface area contributed by atoms with Gasteiger partial charge in [-0.3, -0.25) is 9.78 Å². The van der Waals surface area contributed by atoms with Crippen LogP contribution in [0.5, 0.6) is 0 Å². The number of nitrogens with zero attached hydrogens (tertiary/aromatic N) is 1. The predicted octanol–water partition coefficient (Wildman–Crippen LogP) is 2.82. The Morgan fingerprint density at radius 1 is 1.43 bits per heavy atom. The summed E-state index contributed by atoms with van der Waals surface area (Å²) in [7, 11) is 4.44. The molecule has 1 aromatic heterocycles. The van der Waals surface area contributed by atoms with Gasteiger partial charge in [0.25, 0.3) is 0 Å². The van der Waals surface area contributed by atoms with Crippen molar-refractivity contribution >= 4 is 30.2 Å². The third kappa shape index (κ3) is 4.85. The van der Waals surface area contributed by atoms with Crippen LogP contribution in [-0.4, -0.2) is 37.5 Å². The standard InChI is InChI=1S/C14H20ClNO4S/c1-18-13(17)11(21)5-4-7-14(19-2,20-3)12-9-10(15)6-8-16-12/h6,8-9,11,21H,4-5,7H2,1-3H3. The average molecular weight is 334 g/mol. The number of hydrogen-bond donors (Lipinski definition) is 1. The fourth-order valence-electron chi connectivity index (χ4n) is 2.02. The molecule has 1 rings (SSSR count). The summed E-state index contributed by atoms with van der Waals surface area (Å²) < 4.78 is 15.7. The van der Waals surface area contributed by atoms with Gasteiger partial charge in [-0.1, -0.05) is 11.6 Å². The highest BCUT2D eigenvalue weighted by atomic mass is 35.5. The molecule has 1 aromatic rings. The number of carbonyl (C=O) groups excluding carboxylic acids is 1. The molecule has 0 fully saturated rings. The number of pyridine rings is 1. The van der Waals surface area contributed by atoms with Gasteiger partial charge in [-0.05, 0) is 25.0 Å². The largest absolute Gasteiger partial charge is 0.468 e. The molecule has 0 aliphatic heterocycles. The summed E-state index contributed by atoms with van der Waals surface area (Å²) in [6, 6.07) is 3.38. The zero-order valence-electron chi connectivity index (χ0n) is 12.3. The van der Waals surface area contributed by atoms with E-state index in [4.69, 9.17) is 21.1 Å². The number of ether oxygens (including phenoxy) is 3. The summed E-state index contributed by atoms with van der Waals surface area (Å²) in [6.45, 7) is 0. The molecule has 0 aromatic carbocycles. The molecule has 1 heterocycles. The van der Waals surface area contributed by atoms with E-state index in [1.54, 1.807) is 32.5 Å². The van der Waals surface area contributed by atoms with E-state index in [1.165, 1.54) is 7.11 Å². The molecule has 0 N–H and O–H groups in total. The Bertz CT molecular complexity index is 468. The number of thiol groups is 1. The maximum atomic E-state index is 11.3. The second-order valence-corrected chi connectivity index (χ2v) is 5.51. The molecule has 0 saturated carbocycles. The molecule has 5 nitrogen and oxygen atoms in total. The van der Waals surface area contributed by atoms with Gasteiger partial charge in [0.05, 0.1) is 12.4 Å². The maximum Gasteiger partial charge on any atom is 0.318 e. The number of halogens is 1. The molecule has 0 radical (unpaired) electrons. The third-order valence-corrected chi connectivity index (χ3v) is 3.93. The van der Waals surface area contributed by atoms with Crippen LogP contribution in [-0.2, 0) is 24.8 Å². The Kier molecular flexibility index (Phi) is 7.45. The minimum Gasteiger partial charge on any atom is -0.468 e. The monoisotopic (exact) mass is 333 g/mol. The zero-order valence-corrected chi connectivity index (χ0v) is 14.0. The van der Waals surface area contributed by atoms with E-state index in [1.807, 2.05) is 0 Å². The molecule has 0 amide bonds. The van der Waals surface area contributed by atoms with Gasteiger partial charge < -0.3 is 14.2 Å². The Balaban J connectivity index is 2.75. The van der Waals surface area contributed by atoms with E-state index in [0.29, 0.717) is 30.0 Å². The van der Waals surface area contributed by atoms with E-state index in [0.717, 1.165) is 0 Å². The Morgan fingerprint density at radius 3 is 2.62 bits per heavy atom. The van der Waals surface area contributed by atoms with Crippen molar-refractivity contribution in [3.05, 3.63) is 29.0 Å².